The maximum Gasteiger partial charge on any atom is 0.337 e. The van der Waals surface area contributed by atoms with E-state index in [9.17, 15) is 9.90 Å². The first-order valence-corrected chi connectivity index (χ1v) is 7.13. The van der Waals surface area contributed by atoms with E-state index in [2.05, 4.69) is 26.2 Å². The van der Waals surface area contributed by atoms with Gasteiger partial charge in [0.25, 0.3) is 0 Å². The van der Waals surface area contributed by atoms with Gasteiger partial charge in [-0.25, -0.2) is 9.48 Å². The third kappa shape index (κ3) is 2.21. The number of nitrogens with zero attached hydrogens (tertiary/aromatic N) is 3. The van der Waals surface area contributed by atoms with E-state index in [0.29, 0.717) is 11.0 Å². The summed E-state index contributed by atoms with van der Waals surface area (Å²) in [6.45, 7) is 3.92. The van der Waals surface area contributed by atoms with Gasteiger partial charge in [-0.2, -0.15) is 0 Å². The van der Waals surface area contributed by atoms with Gasteiger partial charge in [-0.3, -0.25) is 0 Å². The second-order valence-electron chi connectivity index (χ2n) is 4.87. The zero-order valence-electron chi connectivity index (χ0n) is 11.5. The largest absolute Gasteiger partial charge is 0.478 e. The number of halogens is 1. The summed E-state index contributed by atoms with van der Waals surface area (Å²) < 4.78 is 2.58. The number of carbonyl (C=O) groups is 1. The van der Waals surface area contributed by atoms with Crippen LogP contribution in [0.25, 0.3) is 16.7 Å². The third-order valence-corrected chi connectivity index (χ3v) is 3.82. The molecule has 0 aliphatic carbocycles. The molecule has 2 aromatic carbocycles. The molecule has 6 heteroatoms. The van der Waals surface area contributed by atoms with Gasteiger partial charge in [-0.05, 0) is 49.2 Å². The number of para-hydroxylation sites is 1. The molecule has 5 nitrogen and oxygen atoms in total. The molecule has 0 saturated carbocycles. The molecule has 1 aromatic heterocycles. The van der Waals surface area contributed by atoms with Crippen LogP contribution in [0.5, 0.6) is 0 Å². The van der Waals surface area contributed by atoms with Gasteiger partial charge >= 0.3 is 5.97 Å². The van der Waals surface area contributed by atoms with Crippen molar-refractivity contribution in [3.05, 3.63) is 51.5 Å². The Morgan fingerprint density at radius 3 is 2.52 bits per heavy atom. The number of fused-ring (bicyclic) bond motifs is 1. The number of carboxylic acids is 1. The number of benzene rings is 2. The highest BCUT2D eigenvalue weighted by Gasteiger charge is 2.18. The Hall–Kier alpha value is -2.21. The zero-order chi connectivity index (χ0) is 15.1. The van der Waals surface area contributed by atoms with Gasteiger partial charge in [-0.1, -0.05) is 27.2 Å². The number of carboxylic acid groups (broad SMARTS) is 1. The molecule has 0 spiro atoms. The van der Waals surface area contributed by atoms with E-state index < -0.39 is 5.97 Å². The van der Waals surface area contributed by atoms with Crippen LogP contribution in [-0.4, -0.2) is 26.1 Å². The molecular formula is C15H12BrN3O2. The van der Waals surface area contributed by atoms with Crippen LogP contribution in [0, 0.1) is 13.8 Å². The predicted octanol–water partition coefficient (Wildman–Crippen LogP) is 3.50. The third-order valence-electron chi connectivity index (χ3n) is 3.37. The molecule has 0 atom stereocenters. The molecule has 0 aliphatic heterocycles. The van der Waals surface area contributed by atoms with Gasteiger partial charge in [0.15, 0.2) is 0 Å². The summed E-state index contributed by atoms with van der Waals surface area (Å²) >= 11 is 3.46. The summed E-state index contributed by atoms with van der Waals surface area (Å²) in [7, 11) is 0. The van der Waals surface area contributed by atoms with E-state index in [1.165, 1.54) is 0 Å². The Bertz CT molecular complexity index is 847. The van der Waals surface area contributed by atoms with E-state index in [-0.39, 0.29) is 5.56 Å². The van der Waals surface area contributed by atoms with Crippen molar-refractivity contribution >= 4 is 32.9 Å². The molecular weight excluding hydrogens is 334 g/mol. The minimum Gasteiger partial charge on any atom is -0.478 e. The second-order valence-corrected chi connectivity index (χ2v) is 5.78. The Morgan fingerprint density at radius 1 is 1.24 bits per heavy atom. The lowest BCUT2D eigenvalue weighted by molar-refractivity contribution is 0.0698. The van der Waals surface area contributed by atoms with Gasteiger partial charge in [0.05, 0.1) is 11.3 Å². The van der Waals surface area contributed by atoms with Gasteiger partial charge in [0, 0.05) is 4.47 Å². The lowest BCUT2D eigenvalue weighted by Gasteiger charge is -2.11. The monoisotopic (exact) mass is 345 g/mol. The summed E-state index contributed by atoms with van der Waals surface area (Å²) in [4.78, 5) is 11.4. The number of aromatic nitrogens is 3. The summed E-state index contributed by atoms with van der Waals surface area (Å²) in [6.07, 6.45) is 0. The highest BCUT2D eigenvalue weighted by atomic mass is 79.9. The molecule has 0 radical (unpaired) electrons. The van der Waals surface area contributed by atoms with Crippen molar-refractivity contribution in [3.63, 3.8) is 0 Å². The zero-order valence-corrected chi connectivity index (χ0v) is 13.0. The molecule has 0 unspecified atom stereocenters. The number of aryl methyl sites for hydroxylation is 2. The topological polar surface area (TPSA) is 68.0 Å². The molecule has 0 saturated heterocycles. The highest BCUT2D eigenvalue weighted by Crippen LogP contribution is 2.27. The maximum absolute atomic E-state index is 11.4. The Labute approximate surface area is 129 Å². The molecule has 1 N–H and O–H groups in total. The molecule has 3 aromatic rings. The van der Waals surface area contributed by atoms with E-state index in [1.807, 2.05) is 26.0 Å². The van der Waals surface area contributed by atoms with Crippen molar-refractivity contribution in [1.29, 1.82) is 0 Å². The summed E-state index contributed by atoms with van der Waals surface area (Å²) in [5.74, 6) is -0.989. The minimum atomic E-state index is -0.989. The fourth-order valence-corrected chi connectivity index (χ4v) is 3.23. The normalized spacial score (nSPS) is 11.0. The SMILES string of the molecule is Cc1cc(Br)cc(C)c1-n1nnc2cccc(C(=O)O)c21. The van der Waals surface area contributed by atoms with Gasteiger partial charge in [0.2, 0.25) is 0 Å². The van der Waals surface area contributed by atoms with Crippen LogP contribution >= 0.6 is 15.9 Å². The smallest absolute Gasteiger partial charge is 0.337 e. The van der Waals surface area contributed by atoms with Crippen LogP contribution in [0.1, 0.15) is 21.5 Å². The van der Waals surface area contributed by atoms with Crippen molar-refractivity contribution in [1.82, 2.24) is 15.0 Å². The molecule has 0 amide bonds. The van der Waals surface area contributed by atoms with Crippen LogP contribution in [0.3, 0.4) is 0 Å². The molecule has 3 rings (SSSR count). The van der Waals surface area contributed by atoms with Gasteiger partial charge in [0.1, 0.15) is 11.0 Å². The summed E-state index contributed by atoms with van der Waals surface area (Å²) in [5, 5.41) is 17.6. The molecule has 0 bridgehead atoms. The van der Waals surface area contributed by atoms with E-state index in [0.717, 1.165) is 21.3 Å². The van der Waals surface area contributed by atoms with Crippen molar-refractivity contribution in [2.75, 3.05) is 0 Å². The van der Waals surface area contributed by atoms with Crippen molar-refractivity contribution in [2.45, 2.75) is 13.8 Å². The number of rotatable bonds is 2. The number of hydrogen-bond acceptors (Lipinski definition) is 3. The first-order chi connectivity index (χ1) is 9.99. The van der Waals surface area contributed by atoms with E-state index in [4.69, 9.17) is 0 Å². The minimum absolute atomic E-state index is 0.194. The molecule has 1 heterocycles. The quantitative estimate of drug-likeness (QED) is 0.771. The van der Waals surface area contributed by atoms with Crippen LogP contribution in [0.4, 0.5) is 0 Å². The van der Waals surface area contributed by atoms with Gasteiger partial charge in [-0.15, -0.1) is 5.10 Å². The van der Waals surface area contributed by atoms with E-state index in [1.54, 1.807) is 22.9 Å². The van der Waals surface area contributed by atoms with Crippen LogP contribution in [-0.2, 0) is 0 Å². The van der Waals surface area contributed by atoms with Crippen molar-refractivity contribution in [2.24, 2.45) is 0 Å². The molecule has 0 aliphatic rings. The van der Waals surface area contributed by atoms with Crippen LogP contribution in [0.15, 0.2) is 34.8 Å². The van der Waals surface area contributed by atoms with Crippen molar-refractivity contribution < 1.29 is 9.90 Å². The second kappa shape index (κ2) is 4.96. The Kier molecular flexibility index (Phi) is 3.25. The molecule has 0 fully saturated rings. The first kappa shape index (κ1) is 13.8. The number of hydrogen-bond donors (Lipinski definition) is 1. The standard InChI is InChI=1S/C15H12BrN3O2/c1-8-6-10(16)7-9(2)13(8)19-14-11(15(20)21)4-3-5-12(14)17-18-19/h3-7H,1-2H3,(H,20,21). The average Bonchev–Trinajstić information content (AvgIpc) is 2.81. The first-order valence-electron chi connectivity index (χ1n) is 6.34. The van der Waals surface area contributed by atoms with Crippen LogP contribution in [0.2, 0.25) is 0 Å². The summed E-state index contributed by atoms with van der Waals surface area (Å²) in [6, 6.07) is 8.94. The summed E-state index contributed by atoms with van der Waals surface area (Å²) in [5.41, 5.74) is 4.12. The fraction of sp³-hybridized carbons (Fsp3) is 0.133. The lowest BCUT2D eigenvalue weighted by Crippen LogP contribution is -2.06. The van der Waals surface area contributed by atoms with Gasteiger partial charge < -0.3 is 5.11 Å². The fourth-order valence-electron chi connectivity index (χ4n) is 2.54. The van der Waals surface area contributed by atoms with Crippen LogP contribution < -0.4 is 0 Å². The Morgan fingerprint density at radius 2 is 1.90 bits per heavy atom. The lowest BCUT2D eigenvalue weighted by atomic mass is 10.1. The number of aromatic carboxylic acids is 1. The average molecular weight is 346 g/mol. The molecule has 21 heavy (non-hydrogen) atoms. The Balaban J connectivity index is 2.39. The highest BCUT2D eigenvalue weighted by molar-refractivity contribution is 9.10. The van der Waals surface area contributed by atoms with E-state index >= 15 is 0 Å². The molecule has 106 valence electrons. The van der Waals surface area contributed by atoms with Crippen molar-refractivity contribution in [3.8, 4) is 5.69 Å². The maximum atomic E-state index is 11.4. The predicted molar refractivity (Wildman–Crippen MR) is 83.0 cm³/mol.